The lowest BCUT2D eigenvalue weighted by atomic mass is 9.76. The highest BCUT2D eigenvalue weighted by atomic mass is 35.5. The number of alkyl halides is 3. The molecule has 9 heteroatoms. The van der Waals surface area contributed by atoms with E-state index in [0.29, 0.717) is 0 Å². The first-order valence-corrected chi connectivity index (χ1v) is 11.6. The van der Waals surface area contributed by atoms with E-state index in [1.54, 1.807) is 0 Å². The number of azide groups is 1. The summed E-state index contributed by atoms with van der Waals surface area (Å²) in [5.41, 5.74) is 5.72. The Morgan fingerprint density at radius 1 is 0.784 bits per heavy atom. The molecule has 5 nitrogen and oxygen atoms in total. The minimum atomic E-state index is -5.17. The Kier molecular flexibility index (Phi) is 7.45. The van der Waals surface area contributed by atoms with Gasteiger partial charge in [-0.25, -0.2) is 0 Å². The van der Waals surface area contributed by atoms with Gasteiger partial charge in [-0.15, -0.1) is 0 Å². The van der Waals surface area contributed by atoms with Crippen LogP contribution in [0.4, 0.5) is 18.9 Å². The van der Waals surface area contributed by atoms with Crippen LogP contribution in [-0.4, -0.2) is 17.8 Å². The molecule has 0 saturated heterocycles. The molecule has 4 aromatic carbocycles. The van der Waals surface area contributed by atoms with Crippen LogP contribution in [0.15, 0.2) is 114 Å². The van der Waals surface area contributed by atoms with E-state index in [1.165, 1.54) is 12.1 Å². The van der Waals surface area contributed by atoms with E-state index in [4.69, 9.17) is 17.1 Å². The van der Waals surface area contributed by atoms with E-state index >= 15 is 0 Å². The summed E-state index contributed by atoms with van der Waals surface area (Å²) in [6.07, 6.45) is -5.17. The first-order valence-electron chi connectivity index (χ1n) is 11.3. The zero-order valence-electron chi connectivity index (χ0n) is 19.4. The smallest absolute Gasteiger partial charge is 0.376 e. The Hall–Kier alpha value is -3.97. The summed E-state index contributed by atoms with van der Waals surface area (Å²) in [5, 5.41) is 17.4. The second-order valence-electron chi connectivity index (χ2n) is 8.41. The Labute approximate surface area is 216 Å². The number of halogens is 4. The van der Waals surface area contributed by atoms with Gasteiger partial charge in [0.2, 0.25) is 0 Å². The Morgan fingerprint density at radius 2 is 1.24 bits per heavy atom. The zero-order valence-corrected chi connectivity index (χ0v) is 20.2. The van der Waals surface area contributed by atoms with Gasteiger partial charge in [-0.2, -0.15) is 13.2 Å². The SMILES string of the molecule is [N-]=[N+]=NCC(O)(c1cc(Cl)ccc1NC(c1ccccc1)(c1ccccc1)c1ccccc1)C(F)(F)F. The molecule has 0 spiro atoms. The van der Waals surface area contributed by atoms with Crippen molar-refractivity contribution in [3.63, 3.8) is 0 Å². The molecular formula is C28H22ClF3N4O. The maximum Gasteiger partial charge on any atom is 0.421 e. The molecular weight excluding hydrogens is 501 g/mol. The van der Waals surface area contributed by atoms with Gasteiger partial charge in [0, 0.05) is 21.2 Å². The van der Waals surface area contributed by atoms with Crippen molar-refractivity contribution in [1.29, 1.82) is 0 Å². The predicted octanol–water partition coefficient (Wildman–Crippen LogP) is 7.80. The first-order chi connectivity index (χ1) is 17.7. The van der Waals surface area contributed by atoms with Gasteiger partial charge >= 0.3 is 6.18 Å². The molecule has 4 rings (SSSR count). The van der Waals surface area contributed by atoms with Gasteiger partial charge in [-0.05, 0) is 40.4 Å². The second-order valence-corrected chi connectivity index (χ2v) is 8.85. The van der Waals surface area contributed by atoms with Crippen LogP contribution in [0.5, 0.6) is 0 Å². The van der Waals surface area contributed by atoms with E-state index in [2.05, 4.69) is 15.3 Å². The van der Waals surface area contributed by atoms with Crippen LogP contribution in [-0.2, 0) is 11.1 Å². The number of rotatable bonds is 8. The lowest BCUT2D eigenvalue weighted by Crippen LogP contribution is -2.46. The number of nitrogens with one attached hydrogen (secondary N) is 1. The van der Waals surface area contributed by atoms with Crippen molar-refractivity contribution in [1.82, 2.24) is 0 Å². The predicted molar refractivity (Wildman–Crippen MR) is 138 cm³/mol. The summed E-state index contributed by atoms with van der Waals surface area (Å²) in [4.78, 5) is 2.44. The molecule has 0 bridgehead atoms. The third kappa shape index (κ3) is 5.00. The molecule has 1 unspecified atom stereocenters. The quantitative estimate of drug-likeness (QED) is 0.107. The molecule has 188 valence electrons. The largest absolute Gasteiger partial charge is 0.421 e. The van der Waals surface area contributed by atoms with Gasteiger partial charge in [0.05, 0.1) is 6.54 Å². The number of hydrogen-bond donors (Lipinski definition) is 2. The molecule has 2 N–H and O–H groups in total. The normalized spacial score (nSPS) is 13.3. The second kappa shape index (κ2) is 10.6. The van der Waals surface area contributed by atoms with Gasteiger partial charge in [0.1, 0.15) is 5.54 Å². The molecule has 0 amide bonds. The monoisotopic (exact) mass is 522 g/mol. The van der Waals surface area contributed by atoms with Crippen molar-refractivity contribution in [2.24, 2.45) is 5.11 Å². The molecule has 0 saturated carbocycles. The maximum absolute atomic E-state index is 14.3. The molecule has 4 aromatic rings. The third-order valence-corrected chi connectivity index (χ3v) is 6.44. The first kappa shape index (κ1) is 26.1. The summed E-state index contributed by atoms with van der Waals surface area (Å²) in [6, 6.07) is 31.7. The zero-order chi connectivity index (χ0) is 26.5. The number of hydrogen-bond acceptors (Lipinski definition) is 3. The fraction of sp³-hybridized carbons (Fsp3) is 0.143. The van der Waals surface area contributed by atoms with Crippen molar-refractivity contribution >= 4 is 17.3 Å². The number of nitrogens with zero attached hydrogens (tertiary/aromatic N) is 3. The highest BCUT2D eigenvalue weighted by Crippen LogP contribution is 2.46. The van der Waals surface area contributed by atoms with E-state index < -0.39 is 29.4 Å². The van der Waals surface area contributed by atoms with E-state index in [0.717, 1.165) is 22.8 Å². The van der Waals surface area contributed by atoms with Crippen LogP contribution in [0.1, 0.15) is 22.3 Å². The number of benzene rings is 4. The van der Waals surface area contributed by atoms with Crippen molar-refractivity contribution < 1.29 is 18.3 Å². The molecule has 0 aliphatic carbocycles. The van der Waals surface area contributed by atoms with E-state index in [1.807, 2.05) is 91.0 Å². The molecule has 0 heterocycles. The van der Waals surface area contributed by atoms with E-state index in [9.17, 15) is 18.3 Å². The summed E-state index contributed by atoms with van der Waals surface area (Å²) in [6.45, 7) is -1.27. The van der Waals surface area contributed by atoms with Gasteiger partial charge in [-0.3, -0.25) is 0 Å². The standard InChI is InChI=1S/C28H22ClF3N4O/c29-23-16-17-25(24(18-23)26(37,19-34-36-33)28(30,31)32)35-27(20-10-4-1-5-11-20,21-12-6-2-7-13-21)22-14-8-3-9-15-22/h1-18,35,37H,19H2. The average Bonchev–Trinajstić information content (AvgIpc) is 2.92. The fourth-order valence-electron chi connectivity index (χ4n) is 4.41. The number of aliphatic hydroxyl groups is 1. The lowest BCUT2D eigenvalue weighted by molar-refractivity contribution is -0.261. The van der Waals surface area contributed by atoms with Crippen LogP contribution in [0.25, 0.3) is 10.4 Å². The van der Waals surface area contributed by atoms with Crippen LogP contribution < -0.4 is 5.32 Å². The van der Waals surface area contributed by atoms with Crippen molar-refractivity contribution in [2.45, 2.75) is 17.3 Å². The Balaban J connectivity index is 2.05. The number of anilines is 1. The van der Waals surface area contributed by atoms with Gasteiger partial charge in [0.25, 0.3) is 0 Å². The van der Waals surface area contributed by atoms with Crippen LogP contribution in [0.2, 0.25) is 5.02 Å². The van der Waals surface area contributed by atoms with Crippen molar-refractivity contribution in [3.8, 4) is 0 Å². The van der Waals surface area contributed by atoms with Crippen LogP contribution >= 0.6 is 11.6 Å². The van der Waals surface area contributed by atoms with Crippen LogP contribution in [0, 0.1) is 0 Å². The molecule has 0 aliphatic heterocycles. The topological polar surface area (TPSA) is 81.0 Å². The molecule has 37 heavy (non-hydrogen) atoms. The van der Waals surface area contributed by atoms with E-state index in [-0.39, 0.29) is 10.7 Å². The van der Waals surface area contributed by atoms with Crippen LogP contribution in [0.3, 0.4) is 0 Å². The Morgan fingerprint density at radius 3 is 1.65 bits per heavy atom. The minimum absolute atomic E-state index is 0.0195. The molecule has 1 atom stereocenters. The average molecular weight is 523 g/mol. The molecule has 0 fully saturated rings. The summed E-state index contributed by atoms with van der Waals surface area (Å²) < 4.78 is 43.0. The summed E-state index contributed by atoms with van der Waals surface area (Å²) >= 11 is 6.12. The van der Waals surface area contributed by atoms with Gasteiger partial charge < -0.3 is 10.4 Å². The van der Waals surface area contributed by atoms with Gasteiger partial charge in [-0.1, -0.05) is 108 Å². The lowest BCUT2D eigenvalue weighted by Gasteiger charge is -2.40. The minimum Gasteiger partial charge on any atom is -0.376 e. The van der Waals surface area contributed by atoms with Gasteiger partial charge in [0.15, 0.2) is 5.60 Å². The van der Waals surface area contributed by atoms with Crippen molar-refractivity contribution in [3.05, 3.63) is 147 Å². The molecule has 0 aromatic heterocycles. The molecule has 0 aliphatic rings. The molecule has 0 radical (unpaired) electrons. The summed E-state index contributed by atoms with van der Waals surface area (Å²) in [7, 11) is 0. The maximum atomic E-state index is 14.3. The summed E-state index contributed by atoms with van der Waals surface area (Å²) in [5.74, 6) is 0. The Bertz CT molecular complexity index is 1300. The highest BCUT2D eigenvalue weighted by Gasteiger charge is 2.56. The fourth-order valence-corrected chi connectivity index (χ4v) is 4.58. The van der Waals surface area contributed by atoms with Crippen molar-refractivity contribution in [2.75, 3.05) is 11.9 Å². The third-order valence-electron chi connectivity index (χ3n) is 6.20. The highest BCUT2D eigenvalue weighted by molar-refractivity contribution is 6.30.